The van der Waals surface area contributed by atoms with Crippen LogP contribution in [0, 0.1) is 0 Å². The van der Waals surface area contributed by atoms with Gasteiger partial charge in [0.1, 0.15) is 0 Å². The fraction of sp³-hybridized carbons (Fsp3) is 1.00. The number of hydrogen-bond acceptors (Lipinski definition) is 4. The third-order valence-corrected chi connectivity index (χ3v) is 1.34. The molecule has 1 unspecified atom stereocenters. The predicted octanol–water partition coefficient (Wildman–Crippen LogP) is -2.46. The standard InChI is InChI=1S/C2H6O5S.Li.H/c3-1-2(4)8(5,6)7;;/h2-4H,1H2,(H,5,6,7);;. The average Bonchev–Trinajstić information content (AvgIpc) is 1.62. The summed E-state index contributed by atoms with van der Waals surface area (Å²) in [6.45, 7) is -0.987. The molecule has 7 heteroatoms. The first kappa shape index (κ1) is 12.1. The molecule has 52 valence electrons. The molecule has 0 rings (SSSR count). The van der Waals surface area contributed by atoms with Crippen LogP contribution >= 0.6 is 0 Å². The molecule has 9 heavy (non-hydrogen) atoms. The van der Waals surface area contributed by atoms with Crippen LogP contribution < -0.4 is 0 Å². The van der Waals surface area contributed by atoms with E-state index < -0.39 is 22.2 Å². The van der Waals surface area contributed by atoms with E-state index in [-0.39, 0.29) is 18.9 Å². The van der Waals surface area contributed by atoms with E-state index >= 15 is 0 Å². The van der Waals surface area contributed by atoms with E-state index in [1.54, 1.807) is 0 Å². The van der Waals surface area contributed by atoms with Gasteiger partial charge in [0.25, 0.3) is 10.1 Å². The first-order valence-corrected chi connectivity index (χ1v) is 3.24. The molecule has 0 aliphatic carbocycles. The Morgan fingerprint density at radius 1 is 1.44 bits per heavy atom. The van der Waals surface area contributed by atoms with Crippen molar-refractivity contribution in [1.82, 2.24) is 0 Å². The van der Waals surface area contributed by atoms with Crippen molar-refractivity contribution in [1.29, 1.82) is 0 Å². The summed E-state index contributed by atoms with van der Waals surface area (Å²) in [5, 5.41) is 16.0. The van der Waals surface area contributed by atoms with Crippen molar-refractivity contribution in [2.75, 3.05) is 6.61 Å². The summed E-state index contributed by atoms with van der Waals surface area (Å²) in [5.41, 5.74) is -2.07. The minimum absolute atomic E-state index is 0. The van der Waals surface area contributed by atoms with Gasteiger partial charge in [-0.05, 0) is 0 Å². The molecular weight excluding hydrogens is 143 g/mol. The molecule has 0 aliphatic rings. The molecule has 0 spiro atoms. The van der Waals surface area contributed by atoms with Crippen LogP contribution in [-0.4, -0.2) is 54.1 Å². The van der Waals surface area contributed by atoms with Gasteiger partial charge in [-0.1, -0.05) is 0 Å². The van der Waals surface area contributed by atoms with Gasteiger partial charge in [-0.3, -0.25) is 4.55 Å². The molecule has 0 aliphatic heterocycles. The van der Waals surface area contributed by atoms with E-state index in [0.717, 1.165) is 0 Å². The van der Waals surface area contributed by atoms with Crippen molar-refractivity contribution in [3.8, 4) is 0 Å². The fourth-order valence-electron chi connectivity index (χ4n) is 0.0942. The van der Waals surface area contributed by atoms with E-state index in [2.05, 4.69) is 0 Å². The molecule has 0 fully saturated rings. The van der Waals surface area contributed by atoms with Gasteiger partial charge in [-0.25, -0.2) is 0 Å². The van der Waals surface area contributed by atoms with Crippen LogP contribution in [0.2, 0.25) is 0 Å². The Labute approximate surface area is 64.6 Å². The van der Waals surface area contributed by atoms with Crippen molar-refractivity contribution in [2.45, 2.75) is 5.44 Å². The molecule has 0 aromatic rings. The van der Waals surface area contributed by atoms with Gasteiger partial charge in [-0.15, -0.1) is 0 Å². The molecule has 0 aromatic heterocycles. The van der Waals surface area contributed by atoms with Crippen molar-refractivity contribution in [3.63, 3.8) is 0 Å². The summed E-state index contributed by atoms with van der Waals surface area (Å²) < 4.78 is 27.3. The molecule has 0 saturated carbocycles. The molecule has 0 aromatic carbocycles. The van der Waals surface area contributed by atoms with Gasteiger partial charge in [0.15, 0.2) is 0 Å². The zero-order valence-electron chi connectivity index (χ0n) is 3.85. The van der Waals surface area contributed by atoms with Gasteiger partial charge < -0.3 is 10.2 Å². The predicted molar refractivity (Wildman–Crippen MR) is 31.8 cm³/mol. The maximum absolute atomic E-state index is 9.71. The van der Waals surface area contributed by atoms with Crippen LogP contribution in [0.4, 0.5) is 0 Å². The van der Waals surface area contributed by atoms with Crippen molar-refractivity contribution >= 4 is 29.0 Å². The second-order valence-electron chi connectivity index (χ2n) is 1.15. The summed E-state index contributed by atoms with van der Waals surface area (Å²) in [4.78, 5) is 0. The third kappa shape index (κ3) is 4.90. The monoisotopic (exact) mass is 150 g/mol. The Bertz CT molecular complexity index is 150. The van der Waals surface area contributed by atoms with Gasteiger partial charge in [0.05, 0.1) is 6.61 Å². The molecule has 5 nitrogen and oxygen atoms in total. The van der Waals surface area contributed by atoms with Crippen LogP contribution in [0.1, 0.15) is 0 Å². The normalized spacial score (nSPS) is 14.1. The Morgan fingerprint density at radius 2 is 1.78 bits per heavy atom. The van der Waals surface area contributed by atoms with Gasteiger partial charge in [-0.2, -0.15) is 8.42 Å². The second-order valence-corrected chi connectivity index (χ2v) is 2.73. The summed E-state index contributed by atoms with van der Waals surface area (Å²) >= 11 is 0. The molecule has 0 radical (unpaired) electrons. The van der Waals surface area contributed by atoms with E-state index in [1.807, 2.05) is 0 Å². The molecule has 0 amide bonds. The zero-order valence-corrected chi connectivity index (χ0v) is 4.67. The Balaban J connectivity index is 0. The van der Waals surface area contributed by atoms with Crippen molar-refractivity contribution in [2.24, 2.45) is 0 Å². The second kappa shape index (κ2) is 4.28. The summed E-state index contributed by atoms with van der Waals surface area (Å²) in [5.74, 6) is 0. The molecule has 3 N–H and O–H groups in total. The molecule has 1 atom stereocenters. The Morgan fingerprint density at radius 3 is 1.78 bits per heavy atom. The summed E-state index contributed by atoms with van der Waals surface area (Å²) in [7, 11) is -4.45. The number of aliphatic hydroxyl groups is 2. The topological polar surface area (TPSA) is 94.8 Å². The maximum atomic E-state index is 9.71. The fourth-order valence-corrected chi connectivity index (χ4v) is 0.283. The van der Waals surface area contributed by atoms with Crippen LogP contribution in [0.15, 0.2) is 0 Å². The quantitative estimate of drug-likeness (QED) is 0.299. The van der Waals surface area contributed by atoms with Crippen molar-refractivity contribution in [3.05, 3.63) is 0 Å². The molecule has 0 bridgehead atoms. The Kier molecular flexibility index (Phi) is 5.77. The zero-order chi connectivity index (χ0) is 6.78. The first-order chi connectivity index (χ1) is 3.48. The summed E-state index contributed by atoms with van der Waals surface area (Å²) in [6.07, 6.45) is 0. The third-order valence-electron chi connectivity index (χ3n) is 0.500. The number of rotatable bonds is 2. The van der Waals surface area contributed by atoms with Crippen molar-refractivity contribution < 1.29 is 23.2 Å². The van der Waals surface area contributed by atoms with E-state index in [0.29, 0.717) is 0 Å². The van der Waals surface area contributed by atoms with Gasteiger partial charge >= 0.3 is 18.9 Å². The first-order valence-electron chi connectivity index (χ1n) is 1.73. The van der Waals surface area contributed by atoms with Gasteiger partial charge in [0, 0.05) is 0 Å². The van der Waals surface area contributed by atoms with E-state index in [9.17, 15) is 8.42 Å². The average molecular weight is 150 g/mol. The Hall–Kier alpha value is 0.427. The summed E-state index contributed by atoms with van der Waals surface area (Å²) in [6, 6.07) is 0. The van der Waals surface area contributed by atoms with Crippen LogP contribution in [0.3, 0.4) is 0 Å². The SMILES string of the molecule is O=S(=O)(O)C(O)CO.[LiH]. The van der Waals surface area contributed by atoms with Gasteiger partial charge in [0.2, 0.25) is 5.44 Å². The number of aliphatic hydroxyl groups excluding tert-OH is 2. The number of hydrogen-bond donors (Lipinski definition) is 3. The molecule has 0 heterocycles. The van der Waals surface area contributed by atoms with E-state index in [1.165, 1.54) is 0 Å². The minimum atomic E-state index is -4.45. The van der Waals surface area contributed by atoms with E-state index in [4.69, 9.17) is 14.8 Å². The molecule has 0 saturated heterocycles. The van der Waals surface area contributed by atoms with Crippen LogP contribution in [0.5, 0.6) is 0 Å². The van der Waals surface area contributed by atoms with Crippen LogP contribution in [0.25, 0.3) is 0 Å². The molecular formula is C2H7LiO5S. The van der Waals surface area contributed by atoms with Crippen LogP contribution in [-0.2, 0) is 10.1 Å².